The molecule has 34 heavy (non-hydrogen) atoms. The number of nitrogens with two attached hydrogens (primary N) is 1. The molecular formula is C22H17F5N6O. The van der Waals surface area contributed by atoms with Crippen LogP contribution in [0.2, 0.25) is 0 Å². The maximum atomic E-state index is 14.9. The lowest BCUT2D eigenvalue weighted by Crippen LogP contribution is -2.51. The van der Waals surface area contributed by atoms with Gasteiger partial charge in [-0.15, -0.1) is 0 Å². The lowest BCUT2D eigenvalue weighted by molar-refractivity contribution is -0.0366. The summed E-state index contributed by atoms with van der Waals surface area (Å²) in [4.78, 5) is 11.6. The first-order chi connectivity index (χ1) is 16.1. The van der Waals surface area contributed by atoms with Crippen LogP contribution in [0.15, 0.2) is 35.6 Å². The highest BCUT2D eigenvalue weighted by atomic mass is 19.3. The van der Waals surface area contributed by atoms with Crippen LogP contribution in [0.1, 0.15) is 25.0 Å². The second-order valence-electron chi connectivity index (χ2n) is 7.82. The zero-order chi connectivity index (χ0) is 24.8. The maximum Gasteiger partial charge on any atom is 0.283 e. The summed E-state index contributed by atoms with van der Waals surface area (Å²) in [5.41, 5.74) is 2.23. The number of nitrogens with zero attached hydrogens (tertiary/aromatic N) is 4. The van der Waals surface area contributed by atoms with E-state index in [-0.39, 0.29) is 28.0 Å². The van der Waals surface area contributed by atoms with Gasteiger partial charge in [0.1, 0.15) is 17.7 Å². The maximum absolute atomic E-state index is 14.9. The minimum absolute atomic E-state index is 0.0100. The minimum Gasteiger partial charge on any atom is -0.462 e. The van der Waals surface area contributed by atoms with Crippen molar-refractivity contribution in [3.05, 3.63) is 59.2 Å². The van der Waals surface area contributed by atoms with Gasteiger partial charge in [-0.25, -0.2) is 31.9 Å². The first-order valence-corrected chi connectivity index (χ1v) is 9.99. The summed E-state index contributed by atoms with van der Waals surface area (Å²) in [5.74, 6) is -4.86. The Hall–Kier alpha value is -4.01. The van der Waals surface area contributed by atoms with E-state index in [0.717, 1.165) is 18.3 Å². The molecule has 7 nitrogen and oxygen atoms in total. The zero-order valence-electron chi connectivity index (χ0n) is 17.8. The third-order valence-corrected chi connectivity index (χ3v) is 5.86. The molecular weight excluding hydrogens is 459 g/mol. The lowest BCUT2D eigenvalue weighted by atomic mass is 9.76. The van der Waals surface area contributed by atoms with Crippen molar-refractivity contribution < 1.29 is 26.7 Å². The molecule has 0 radical (unpaired) electrons. The summed E-state index contributed by atoms with van der Waals surface area (Å²) >= 11 is 0. The van der Waals surface area contributed by atoms with Crippen LogP contribution < -0.4 is 11.1 Å². The van der Waals surface area contributed by atoms with Gasteiger partial charge in [-0.3, -0.25) is 4.98 Å². The highest BCUT2D eigenvalue weighted by Gasteiger charge is 2.54. The smallest absolute Gasteiger partial charge is 0.283 e. The average molecular weight is 476 g/mol. The summed E-state index contributed by atoms with van der Waals surface area (Å²) in [7, 11) is 0. The van der Waals surface area contributed by atoms with Gasteiger partial charge in [0.05, 0.1) is 11.8 Å². The molecule has 4 rings (SSSR count). The summed E-state index contributed by atoms with van der Waals surface area (Å²) < 4.78 is 77.8. The Morgan fingerprint density at radius 2 is 1.85 bits per heavy atom. The summed E-state index contributed by atoms with van der Waals surface area (Å²) in [6, 6.07) is 4.21. The standard InChI is InChI=1S/C22H17F5N6O/c1-9-10(2)34-21(29)33-22(9,20(26)27)14-4-12(5-15(23)17(14)25)32-19-18-13(16(24)8-31-19)3-11(6-28)7-30-18/h3-5,7-10,20H,1-2H3,(H2,29,33)(H,31,32)/t9-,10?,22-/m1/s1. The van der Waals surface area contributed by atoms with E-state index in [1.54, 1.807) is 0 Å². The second kappa shape index (κ2) is 8.40. The summed E-state index contributed by atoms with van der Waals surface area (Å²) in [5, 5.41) is 11.6. The number of halogens is 5. The third kappa shape index (κ3) is 3.63. The van der Waals surface area contributed by atoms with E-state index in [1.807, 2.05) is 6.07 Å². The van der Waals surface area contributed by atoms with Gasteiger partial charge in [-0.1, -0.05) is 6.92 Å². The van der Waals surface area contributed by atoms with Crippen LogP contribution in [0.5, 0.6) is 0 Å². The number of rotatable bonds is 4. The molecule has 1 aromatic carbocycles. The molecule has 12 heteroatoms. The number of ether oxygens (including phenoxy) is 1. The molecule has 1 aliphatic rings. The third-order valence-electron chi connectivity index (χ3n) is 5.86. The number of nitrogens with one attached hydrogen (secondary N) is 1. The van der Waals surface area contributed by atoms with Crippen molar-refractivity contribution in [2.24, 2.45) is 16.6 Å². The Morgan fingerprint density at radius 1 is 1.12 bits per heavy atom. The molecule has 1 aliphatic heterocycles. The number of pyridine rings is 2. The summed E-state index contributed by atoms with van der Waals surface area (Å²) in [6.07, 6.45) is -2.10. The lowest BCUT2D eigenvalue weighted by Gasteiger charge is -2.41. The molecule has 0 saturated carbocycles. The van der Waals surface area contributed by atoms with Crippen molar-refractivity contribution in [2.75, 3.05) is 5.32 Å². The zero-order valence-corrected chi connectivity index (χ0v) is 17.8. The molecule has 3 atom stereocenters. The highest BCUT2D eigenvalue weighted by Crippen LogP contribution is 2.46. The number of nitriles is 1. The predicted octanol–water partition coefficient (Wildman–Crippen LogP) is 4.49. The fraction of sp³-hybridized carbons (Fsp3) is 0.273. The van der Waals surface area contributed by atoms with Crippen molar-refractivity contribution in [1.29, 1.82) is 5.26 Å². The topological polar surface area (TPSA) is 109 Å². The van der Waals surface area contributed by atoms with Crippen molar-refractivity contribution in [3.63, 3.8) is 0 Å². The molecule has 176 valence electrons. The molecule has 0 fully saturated rings. The number of fused-ring (bicyclic) bond motifs is 1. The van der Waals surface area contributed by atoms with Gasteiger partial charge < -0.3 is 15.8 Å². The van der Waals surface area contributed by atoms with E-state index in [0.29, 0.717) is 0 Å². The van der Waals surface area contributed by atoms with Crippen LogP contribution in [-0.4, -0.2) is 28.5 Å². The van der Waals surface area contributed by atoms with E-state index in [2.05, 4.69) is 20.3 Å². The van der Waals surface area contributed by atoms with Crippen LogP contribution in [-0.2, 0) is 10.3 Å². The minimum atomic E-state index is -3.26. The molecule has 3 aromatic rings. The van der Waals surface area contributed by atoms with E-state index in [1.165, 1.54) is 26.1 Å². The molecule has 0 bridgehead atoms. The van der Waals surface area contributed by atoms with Crippen molar-refractivity contribution in [2.45, 2.75) is 31.9 Å². The number of benzene rings is 1. The molecule has 0 aliphatic carbocycles. The van der Waals surface area contributed by atoms with E-state index in [4.69, 9.17) is 15.7 Å². The van der Waals surface area contributed by atoms with Crippen LogP contribution >= 0.6 is 0 Å². The number of hydrogen-bond acceptors (Lipinski definition) is 7. The first kappa shape index (κ1) is 23.2. The Morgan fingerprint density at radius 3 is 2.53 bits per heavy atom. The molecule has 0 amide bonds. The van der Waals surface area contributed by atoms with Gasteiger partial charge in [-0.05, 0) is 19.1 Å². The number of amidine groups is 1. The molecule has 3 heterocycles. The SMILES string of the molecule is CC1OC(N)=N[C@](c2cc(Nc3ncc(F)c4cc(C#N)cnc34)cc(F)c2F)(C(F)F)[C@@H]1C. The number of aliphatic imine (C=N–C) groups is 1. The van der Waals surface area contributed by atoms with Gasteiger partial charge in [0.15, 0.2) is 28.8 Å². The highest BCUT2D eigenvalue weighted by molar-refractivity contribution is 5.90. The number of alkyl halides is 2. The second-order valence-corrected chi connectivity index (χ2v) is 7.82. The van der Waals surface area contributed by atoms with Crippen LogP contribution in [0.4, 0.5) is 33.5 Å². The van der Waals surface area contributed by atoms with Crippen LogP contribution in [0, 0.1) is 34.7 Å². The monoisotopic (exact) mass is 476 g/mol. The normalized spacial score (nSPS) is 22.3. The first-order valence-electron chi connectivity index (χ1n) is 9.99. The molecule has 1 unspecified atom stereocenters. The Labute approximate surface area is 190 Å². The quantitative estimate of drug-likeness (QED) is 0.537. The average Bonchev–Trinajstić information content (AvgIpc) is 2.80. The van der Waals surface area contributed by atoms with Gasteiger partial charge in [0.2, 0.25) is 0 Å². The Kier molecular flexibility index (Phi) is 5.72. The molecule has 0 saturated heterocycles. The molecule has 3 N–H and O–H groups in total. The number of anilines is 2. The van der Waals surface area contributed by atoms with E-state index >= 15 is 0 Å². The van der Waals surface area contributed by atoms with Crippen LogP contribution in [0.25, 0.3) is 10.9 Å². The fourth-order valence-corrected chi connectivity index (χ4v) is 3.96. The Bertz CT molecular complexity index is 1360. The van der Waals surface area contributed by atoms with Gasteiger partial charge in [0.25, 0.3) is 12.4 Å². The van der Waals surface area contributed by atoms with E-state index < -0.39 is 53.0 Å². The van der Waals surface area contributed by atoms with E-state index in [9.17, 15) is 22.0 Å². The van der Waals surface area contributed by atoms with Crippen LogP contribution in [0.3, 0.4) is 0 Å². The van der Waals surface area contributed by atoms with Crippen molar-refractivity contribution >= 4 is 28.4 Å². The van der Waals surface area contributed by atoms with Gasteiger partial charge in [0, 0.05) is 34.8 Å². The molecule has 0 spiro atoms. The summed E-state index contributed by atoms with van der Waals surface area (Å²) in [6.45, 7) is 2.84. The largest absolute Gasteiger partial charge is 0.462 e. The fourth-order valence-electron chi connectivity index (χ4n) is 3.96. The Balaban J connectivity index is 1.88. The number of aromatic nitrogens is 2. The number of hydrogen-bond donors (Lipinski definition) is 2. The molecule has 2 aromatic heterocycles. The van der Waals surface area contributed by atoms with Gasteiger partial charge in [-0.2, -0.15) is 5.26 Å². The van der Waals surface area contributed by atoms with Gasteiger partial charge >= 0.3 is 0 Å². The predicted molar refractivity (Wildman–Crippen MR) is 113 cm³/mol. The van der Waals surface area contributed by atoms with Crippen molar-refractivity contribution in [3.8, 4) is 6.07 Å². The van der Waals surface area contributed by atoms with Crippen molar-refractivity contribution in [1.82, 2.24) is 9.97 Å².